The normalized spacial score (nSPS) is 11.6. The molecule has 0 radical (unpaired) electrons. The van der Waals surface area contributed by atoms with Gasteiger partial charge < -0.3 is 4.90 Å². The summed E-state index contributed by atoms with van der Waals surface area (Å²) in [5, 5.41) is 8.63. The van der Waals surface area contributed by atoms with Crippen molar-refractivity contribution in [3.05, 3.63) is 218 Å². The fourth-order valence-electron chi connectivity index (χ4n) is 8.89. The van der Waals surface area contributed by atoms with Gasteiger partial charge in [0.05, 0.1) is 15.9 Å². The Morgan fingerprint density at radius 2 is 0.967 bits per heavy atom. The molecule has 12 rings (SSSR count). The number of thiazole rings is 1. The smallest absolute Gasteiger partial charge is 0.124 e. The minimum Gasteiger partial charge on any atom is -0.310 e. The zero-order valence-corrected chi connectivity index (χ0v) is 34.6. The Labute approximate surface area is 361 Å². The Bertz CT molecular complexity index is 3570. The highest BCUT2D eigenvalue weighted by Crippen LogP contribution is 2.46. The fraction of sp³-hybridized carbons (Fsp3) is 0. The number of nitrogens with zero attached hydrogens (tertiary/aromatic N) is 2. The van der Waals surface area contributed by atoms with Crippen LogP contribution in [-0.4, -0.2) is 4.98 Å². The van der Waals surface area contributed by atoms with Crippen LogP contribution < -0.4 is 4.90 Å². The van der Waals surface area contributed by atoms with E-state index in [-0.39, 0.29) is 0 Å². The van der Waals surface area contributed by atoms with Crippen LogP contribution in [0.4, 0.5) is 17.1 Å². The molecule has 0 N–H and O–H groups in total. The molecule has 2 heterocycles. The number of aromatic nitrogens is 1. The molecule has 0 atom stereocenters. The Morgan fingerprint density at radius 3 is 1.77 bits per heavy atom. The lowest BCUT2D eigenvalue weighted by Crippen LogP contribution is -2.11. The minimum absolute atomic E-state index is 1.06. The molecule has 0 fully saturated rings. The molecule has 0 saturated carbocycles. The van der Waals surface area contributed by atoms with E-state index in [1.165, 1.54) is 79.8 Å². The van der Waals surface area contributed by atoms with Gasteiger partial charge in [-0.25, -0.2) is 4.98 Å². The second-order valence-corrected chi connectivity index (χ2v) is 17.6. The maximum Gasteiger partial charge on any atom is 0.124 e. The molecule has 0 aliphatic carbocycles. The predicted octanol–water partition coefficient (Wildman–Crippen LogP) is 17.1. The summed E-state index contributed by atoms with van der Waals surface area (Å²) in [6.45, 7) is 0. The SMILES string of the molecule is c1ccc(-c2ccc(N(c3ccc(-c4ccc5sc6ccc7nc(-c8ccccc8)sc7c6c5c4)cc3)c3ccc4c(ccc5ccccc54)c3)c(-c3ccccc3)c2)cc1. The molecule has 0 unspecified atom stereocenters. The van der Waals surface area contributed by atoms with Crippen molar-refractivity contribution in [1.82, 2.24) is 4.98 Å². The second-order valence-electron chi connectivity index (χ2n) is 15.5. The molecule has 0 amide bonds. The van der Waals surface area contributed by atoms with E-state index in [0.29, 0.717) is 0 Å². The average molecular weight is 813 g/mol. The number of benzene rings is 10. The van der Waals surface area contributed by atoms with E-state index >= 15 is 0 Å². The zero-order chi connectivity index (χ0) is 40.3. The lowest BCUT2D eigenvalue weighted by Gasteiger charge is -2.29. The van der Waals surface area contributed by atoms with Crippen molar-refractivity contribution in [3.63, 3.8) is 0 Å². The number of hydrogen-bond donors (Lipinski definition) is 0. The molecule has 10 aromatic carbocycles. The van der Waals surface area contributed by atoms with Crippen LogP contribution in [0, 0.1) is 0 Å². The van der Waals surface area contributed by atoms with Gasteiger partial charge in [0.1, 0.15) is 5.01 Å². The van der Waals surface area contributed by atoms with E-state index in [2.05, 4.69) is 223 Å². The molecule has 0 aliphatic rings. The van der Waals surface area contributed by atoms with Crippen molar-refractivity contribution in [2.45, 2.75) is 0 Å². The predicted molar refractivity (Wildman–Crippen MR) is 264 cm³/mol. The standard InChI is InChI=1S/C57H36N2S2/c1-4-12-37(13-5-1)42-24-31-52(49(35-42)39-14-6-2-7-15-39)59(46-28-29-48-44(34-46)21-20-40-16-10-11-19-47(40)48)45-26-22-38(23-27-45)43-25-32-53-50(36-43)55-54(60-53)33-30-51-56(55)61-57(58-51)41-17-8-3-9-18-41/h1-36H. The summed E-state index contributed by atoms with van der Waals surface area (Å²) in [5.74, 6) is 0. The van der Waals surface area contributed by atoms with E-state index in [4.69, 9.17) is 4.98 Å². The van der Waals surface area contributed by atoms with Crippen molar-refractivity contribution in [3.8, 4) is 44.0 Å². The van der Waals surface area contributed by atoms with Gasteiger partial charge in [0, 0.05) is 42.7 Å². The van der Waals surface area contributed by atoms with Gasteiger partial charge in [-0.1, -0.05) is 158 Å². The Hall–Kier alpha value is -7.37. The van der Waals surface area contributed by atoms with Crippen LogP contribution in [0.3, 0.4) is 0 Å². The molecular formula is C57H36N2S2. The third-order valence-electron chi connectivity index (χ3n) is 11.9. The first kappa shape index (κ1) is 35.6. The first-order valence-electron chi connectivity index (χ1n) is 20.6. The quantitative estimate of drug-likeness (QED) is 0.149. The van der Waals surface area contributed by atoms with Gasteiger partial charge >= 0.3 is 0 Å². The summed E-state index contributed by atoms with van der Waals surface area (Å²) in [5.41, 5.74) is 12.6. The molecule has 12 aromatic rings. The Morgan fingerprint density at radius 1 is 0.361 bits per heavy atom. The highest BCUT2D eigenvalue weighted by molar-refractivity contribution is 7.28. The lowest BCUT2D eigenvalue weighted by molar-refractivity contribution is 1.29. The fourth-order valence-corrected chi connectivity index (χ4v) is 11.2. The van der Waals surface area contributed by atoms with Crippen LogP contribution in [0.1, 0.15) is 0 Å². The van der Waals surface area contributed by atoms with Crippen molar-refractivity contribution in [1.29, 1.82) is 0 Å². The van der Waals surface area contributed by atoms with Crippen LogP contribution in [0.25, 0.3) is 95.9 Å². The maximum atomic E-state index is 5.07. The molecule has 286 valence electrons. The number of hydrogen-bond acceptors (Lipinski definition) is 4. The van der Waals surface area contributed by atoms with Crippen molar-refractivity contribution < 1.29 is 0 Å². The third kappa shape index (κ3) is 6.27. The highest BCUT2D eigenvalue weighted by atomic mass is 32.1. The number of anilines is 3. The summed E-state index contributed by atoms with van der Waals surface area (Å²) >= 11 is 3.65. The topological polar surface area (TPSA) is 16.1 Å². The first-order chi connectivity index (χ1) is 30.2. The van der Waals surface area contributed by atoms with Crippen LogP contribution >= 0.6 is 22.7 Å². The summed E-state index contributed by atoms with van der Waals surface area (Å²) < 4.78 is 3.84. The number of rotatable bonds is 7. The summed E-state index contributed by atoms with van der Waals surface area (Å²) in [6, 6.07) is 79.4. The zero-order valence-electron chi connectivity index (χ0n) is 33.0. The lowest BCUT2D eigenvalue weighted by atomic mass is 9.95. The molecule has 0 bridgehead atoms. The Balaban J connectivity index is 1.00. The van der Waals surface area contributed by atoms with E-state index in [0.717, 1.165) is 33.1 Å². The first-order valence-corrected chi connectivity index (χ1v) is 22.2. The number of fused-ring (bicyclic) bond motifs is 8. The van der Waals surface area contributed by atoms with Crippen LogP contribution in [0.5, 0.6) is 0 Å². The summed E-state index contributed by atoms with van der Waals surface area (Å²) in [7, 11) is 0. The average Bonchev–Trinajstić information content (AvgIpc) is 3.94. The van der Waals surface area contributed by atoms with Gasteiger partial charge in [-0.05, 0) is 110 Å². The van der Waals surface area contributed by atoms with Gasteiger partial charge in [-0.15, -0.1) is 22.7 Å². The van der Waals surface area contributed by atoms with Crippen molar-refractivity contribution in [2.24, 2.45) is 0 Å². The van der Waals surface area contributed by atoms with E-state index < -0.39 is 0 Å². The summed E-state index contributed by atoms with van der Waals surface area (Å²) in [6.07, 6.45) is 0. The largest absolute Gasteiger partial charge is 0.310 e. The molecule has 61 heavy (non-hydrogen) atoms. The summed E-state index contributed by atoms with van der Waals surface area (Å²) in [4.78, 5) is 7.50. The second kappa shape index (κ2) is 14.7. The van der Waals surface area contributed by atoms with Crippen LogP contribution in [0.15, 0.2) is 218 Å². The molecule has 2 aromatic heterocycles. The number of thiophene rings is 1. The van der Waals surface area contributed by atoms with Crippen LogP contribution in [-0.2, 0) is 0 Å². The van der Waals surface area contributed by atoms with Gasteiger partial charge in [0.15, 0.2) is 0 Å². The van der Waals surface area contributed by atoms with Gasteiger partial charge in [0.2, 0.25) is 0 Å². The third-order valence-corrected chi connectivity index (χ3v) is 14.2. The maximum absolute atomic E-state index is 5.07. The minimum atomic E-state index is 1.06. The van der Waals surface area contributed by atoms with Gasteiger partial charge in [-0.2, -0.15) is 0 Å². The van der Waals surface area contributed by atoms with Crippen molar-refractivity contribution >= 4 is 91.7 Å². The van der Waals surface area contributed by atoms with E-state index in [9.17, 15) is 0 Å². The highest BCUT2D eigenvalue weighted by Gasteiger charge is 2.20. The van der Waals surface area contributed by atoms with E-state index in [1.807, 2.05) is 11.3 Å². The molecular weight excluding hydrogens is 777 g/mol. The molecule has 0 spiro atoms. The molecule has 2 nitrogen and oxygen atoms in total. The van der Waals surface area contributed by atoms with Crippen LogP contribution in [0.2, 0.25) is 0 Å². The Kier molecular flexibility index (Phi) is 8.58. The van der Waals surface area contributed by atoms with Gasteiger partial charge in [0.25, 0.3) is 0 Å². The molecule has 4 heteroatoms. The van der Waals surface area contributed by atoms with Gasteiger partial charge in [-0.3, -0.25) is 0 Å². The van der Waals surface area contributed by atoms with Crippen molar-refractivity contribution in [2.75, 3.05) is 4.90 Å². The molecule has 0 saturated heterocycles. The van der Waals surface area contributed by atoms with E-state index in [1.54, 1.807) is 11.3 Å². The monoisotopic (exact) mass is 812 g/mol. The molecule has 0 aliphatic heterocycles.